The monoisotopic (exact) mass is 541 g/mol. The van der Waals surface area contributed by atoms with Gasteiger partial charge in [0.15, 0.2) is 6.10 Å². The minimum atomic E-state index is -3.01. The van der Waals surface area contributed by atoms with Gasteiger partial charge in [0.25, 0.3) is 0 Å². The van der Waals surface area contributed by atoms with Crippen molar-refractivity contribution in [1.29, 1.82) is 0 Å². The lowest BCUT2D eigenvalue weighted by molar-refractivity contribution is -0.140. The molecule has 2 heterocycles. The number of aliphatic carboxylic acids is 1. The fourth-order valence-corrected chi connectivity index (χ4v) is 4.87. The van der Waals surface area contributed by atoms with Crippen molar-refractivity contribution < 1.29 is 37.3 Å². The van der Waals surface area contributed by atoms with Gasteiger partial charge in [0.05, 0.1) is 24.9 Å². The molecule has 2 atom stereocenters. The van der Waals surface area contributed by atoms with E-state index in [1.165, 1.54) is 6.26 Å². The van der Waals surface area contributed by atoms with Crippen molar-refractivity contribution in [1.82, 2.24) is 4.98 Å². The molecule has 1 N–H and O–H groups in total. The standard InChI is InChI=1S/C28H31NO8S/c1-3-34-24(16-27(30)31)19-8-11-21(12-9-19)37-25-18-36-28-22(6-4-7-23(25)28)20-10-13-26(29-17-20)35-14-5-15-38(2,32)33/h4,6-13,17,24-25H,3,5,14-16,18H2,1-2H3,(H,30,31)/t24-,25+/m0/s1. The zero-order chi connectivity index (χ0) is 27.1. The summed E-state index contributed by atoms with van der Waals surface area (Å²) in [4.78, 5) is 15.5. The first kappa shape index (κ1) is 27.4. The number of carboxylic acid groups (broad SMARTS) is 1. The fraction of sp³-hybridized carbons (Fsp3) is 0.357. The van der Waals surface area contributed by atoms with Crippen LogP contribution in [0.4, 0.5) is 0 Å². The average Bonchev–Trinajstić information content (AvgIpc) is 3.29. The molecule has 0 spiro atoms. The largest absolute Gasteiger partial charge is 0.488 e. The summed E-state index contributed by atoms with van der Waals surface area (Å²) in [6.07, 6.45) is 2.39. The number of nitrogens with zero attached hydrogens (tertiary/aromatic N) is 1. The first-order chi connectivity index (χ1) is 18.2. The molecule has 0 saturated carbocycles. The minimum absolute atomic E-state index is 0.0739. The van der Waals surface area contributed by atoms with Crippen LogP contribution in [0, 0.1) is 0 Å². The second-order valence-corrected chi connectivity index (χ2v) is 11.2. The van der Waals surface area contributed by atoms with Crippen molar-refractivity contribution in [3.05, 3.63) is 71.9 Å². The SMILES string of the molecule is CCO[C@@H](CC(=O)O)c1ccc(O[C@@H]2COc3c(-c4ccc(OCCCS(C)(=O)=O)nc4)cccc32)cc1. The van der Waals surface area contributed by atoms with Crippen LogP contribution in [-0.2, 0) is 19.4 Å². The Morgan fingerprint density at radius 1 is 1.16 bits per heavy atom. The third-order valence-electron chi connectivity index (χ3n) is 5.99. The van der Waals surface area contributed by atoms with Crippen LogP contribution in [0.1, 0.15) is 43.1 Å². The first-order valence-corrected chi connectivity index (χ1v) is 14.4. The third kappa shape index (κ3) is 7.23. The van der Waals surface area contributed by atoms with Crippen LogP contribution in [0.2, 0.25) is 0 Å². The Labute approximate surface area is 222 Å². The van der Waals surface area contributed by atoms with E-state index in [2.05, 4.69) is 4.98 Å². The molecule has 4 rings (SSSR count). The predicted molar refractivity (Wildman–Crippen MR) is 141 cm³/mol. The Morgan fingerprint density at radius 3 is 2.61 bits per heavy atom. The highest BCUT2D eigenvalue weighted by Gasteiger charge is 2.28. The Kier molecular flexibility index (Phi) is 8.85. The summed E-state index contributed by atoms with van der Waals surface area (Å²) in [5, 5.41) is 9.15. The van der Waals surface area contributed by atoms with E-state index in [1.807, 2.05) is 55.5 Å². The molecule has 1 aliphatic heterocycles. The van der Waals surface area contributed by atoms with Crippen molar-refractivity contribution in [3.63, 3.8) is 0 Å². The molecule has 38 heavy (non-hydrogen) atoms. The van der Waals surface area contributed by atoms with E-state index in [4.69, 9.17) is 24.1 Å². The highest BCUT2D eigenvalue weighted by molar-refractivity contribution is 7.90. The van der Waals surface area contributed by atoms with E-state index in [1.54, 1.807) is 12.3 Å². The van der Waals surface area contributed by atoms with Gasteiger partial charge in [0.1, 0.15) is 27.9 Å². The maximum Gasteiger partial charge on any atom is 0.306 e. The molecule has 0 bridgehead atoms. The van der Waals surface area contributed by atoms with E-state index in [0.29, 0.717) is 31.3 Å². The summed E-state index contributed by atoms with van der Waals surface area (Å²) in [7, 11) is -3.01. The molecule has 10 heteroatoms. The maximum absolute atomic E-state index is 11.2. The third-order valence-corrected chi connectivity index (χ3v) is 7.02. The molecule has 1 aliphatic rings. The second kappa shape index (κ2) is 12.3. The van der Waals surface area contributed by atoms with Crippen LogP contribution in [0.5, 0.6) is 17.4 Å². The number of hydrogen-bond donors (Lipinski definition) is 1. The molecular weight excluding hydrogens is 510 g/mol. The highest BCUT2D eigenvalue weighted by Crippen LogP contribution is 2.42. The number of hydrogen-bond acceptors (Lipinski definition) is 8. The summed E-state index contributed by atoms with van der Waals surface area (Å²) >= 11 is 0. The molecule has 3 aromatic rings. The Hall–Kier alpha value is -3.63. The number of para-hydroxylation sites is 1. The molecule has 0 amide bonds. The number of carbonyl (C=O) groups is 1. The van der Waals surface area contributed by atoms with Crippen molar-refractivity contribution in [2.75, 3.05) is 31.8 Å². The van der Waals surface area contributed by atoms with Gasteiger partial charge < -0.3 is 24.1 Å². The smallest absolute Gasteiger partial charge is 0.306 e. The summed E-state index contributed by atoms with van der Waals surface area (Å²) in [5.41, 5.74) is 3.44. The van der Waals surface area contributed by atoms with Gasteiger partial charge in [-0.3, -0.25) is 4.79 Å². The second-order valence-electron chi connectivity index (χ2n) is 8.97. The first-order valence-electron chi connectivity index (χ1n) is 12.4. The zero-order valence-electron chi connectivity index (χ0n) is 21.3. The van der Waals surface area contributed by atoms with Crippen LogP contribution in [0.3, 0.4) is 0 Å². The van der Waals surface area contributed by atoms with Crippen molar-refractivity contribution in [2.45, 2.75) is 32.0 Å². The Bertz CT molecular complexity index is 1340. The molecule has 0 aliphatic carbocycles. The lowest BCUT2D eigenvalue weighted by Crippen LogP contribution is -2.11. The summed E-state index contributed by atoms with van der Waals surface area (Å²) in [5.74, 6) is 0.960. The molecule has 202 valence electrons. The van der Waals surface area contributed by atoms with E-state index < -0.39 is 21.9 Å². The molecule has 0 unspecified atom stereocenters. The van der Waals surface area contributed by atoms with E-state index >= 15 is 0 Å². The molecule has 9 nitrogen and oxygen atoms in total. The highest BCUT2D eigenvalue weighted by atomic mass is 32.2. The van der Waals surface area contributed by atoms with Gasteiger partial charge in [-0.25, -0.2) is 13.4 Å². The van der Waals surface area contributed by atoms with Gasteiger partial charge in [-0.1, -0.05) is 30.3 Å². The van der Waals surface area contributed by atoms with E-state index in [0.717, 1.165) is 28.0 Å². The number of aromatic nitrogens is 1. The number of rotatable bonds is 13. The van der Waals surface area contributed by atoms with Crippen LogP contribution >= 0.6 is 0 Å². The van der Waals surface area contributed by atoms with Gasteiger partial charge in [0, 0.05) is 41.8 Å². The Morgan fingerprint density at radius 2 is 1.95 bits per heavy atom. The van der Waals surface area contributed by atoms with Crippen LogP contribution in [0.15, 0.2) is 60.8 Å². The van der Waals surface area contributed by atoms with Crippen LogP contribution in [-0.4, -0.2) is 56.3 Å². The lowest BCUT2D eigenvalue weighted by Gasteiger charge is -2.17. The molecule has 2 aromatic carbocycles. The van der Waals surface area contributed by atoms with Gasteiger partial charge >= 0.3 is 5.97 Å². The number of sulfone groups is 1. The number of benzene rings is 2. The summed E-state index contributed by atoms with van der Waals surface area (Å²) in [6, 6.07) is 16.8. The maximum atomic E-state index is 11.2. The van der Waals surface area contributed by atoms with Crippen molar-refractivity contribution >= 4 is 15.8 Å². The van der Waals surface area contributed by atoms with Crippen LogP contribution < -0.4 is 14.2 Å². The van der Waals surface area contributed by atoms with E-state index in [9.17, 15) is 13.2 Å². The number of carboxylic acids is 1. The summed E-state index contributed by atoms with van der Waals surface area (Å²) in [6.45, 7) is 2.88. The van der Waals surface area contributed by atoms with Gasteiger partial charge in [-0.05, 0) is 37.1 Å². The average molecular weight is 542 g/mol. The van der Waals surface area contributed by atoms with Crippen molar-refractivity contribution in [2.24, 2.45) is 0 Å². The van der Waals surface area contributed by atoms with Gasteiger partial charge in [0.2, 0.25) is 5.88 Å². The van der Waals surface area contributed by atoms with Crippen molar-refractivity contribution in [3.8, 4) is 28.5 Å². The fourth-order valence-electron chi connectivity index (χ4n) is 4.22. The quantitative estimate of drug-likeness (QED) is 0.309. The molecule has 0 saturated heterocycles. The van der Waals surface area contributed by atoms with Gasteiger partial charge in [-0.15, -0.1) is 0 Å². The Balaban J connectivity index is 1.42. The topological polar surface area (TPSA) is 121 Å². The number of pyridine rings is 1. The number of fused-ring (bicyclic) bond motifs is 1. The van der Waals surface area contributed by atoms with Gasteiger partial charge in [-0.2, -0.15) is 0 Å². The van der Waals surface area contributed by atoms with Crippen LogP contribution in [0.25, 0.3) is 11.1 Å². The van der Waals surface area contributed by atoms with E-state index in [-0.39, 0.29) is 24.9 Å². The molecular formula is C28H31NO8S. The predicted octanol–water partition coefficient (Wildman–Crippen LogP) is 4.63. The molecule has 0 radical (unpaired) electrons. The molecule has 0 fully saturated rings. The minimum Gasteiger partial charge on any atom is -0.488 e. The normalized spacial score (nSPS) is 15.4. The lowest BCUT2D eigenvalue weighted by atomic mass is 10.0. The zero-order valence-corrected chi connectivity index (χ0v) is 22.1. The number of ether oxygens (including phenoxy) is 4. The molecule has 1 aromatic heterocycles. The summed E-state index contributed by atoms with van der Waals surface area (Å²) < 4.78 is 45.8.